The Hall–Kier alpha value is -2.27. The number of likely N-dealkylation sites (N-methyl/N-ethyl adjacent to an activating group) is 1. The Kier molecular flexibility index (Phi) is 4.72. The molecule has 27 heavy (non-hydrogen) atoms. The second-order valence-corrected chi connectivity index (χ2v) is 7.81. The van der Waals surface area contributed by atoms with Gasteiger partial charge in [0.2, 0.25) is 5.91 Å². The summed E-state index contributed by atoms with van der Waals surface area (Å²) < 4.78 is 26.5. The first kappa shape index (κ1) is 18.1. The molecule has 2 heterocycles. The second kappa shape index (κ2) is 7.04. The molecule has 0 aromatic heterocycles. The monoisotopic (exact) mass is 370 g/mol. The zero-order valence-electron chi connectivity index (χ0n) is 15.5. The Labute approximate surface area is 158 Å². The Morgan fingerprint density at radius 3 is 2.41 bits per heavy atom. The highest BCUT2D eigenvalue weighted by molar-refractivity contribution is 5.87. The fraction of sp³-hybridized carbons (Fsp3) is 0.409. The number of carbonyl (C=O) groups excluding carboxylic acids is 1. The largest absolute Gasteiger partial charge is 0.339 e. The van der Waals surface area contributed by atoms with Crippen LogP contribution in [-0.2, 0) is 11.3 Å². The lowest BCUT2D eigenvalue weighted by atomic mass is 9.81. The van der Waals surface area contributed by atoms with Gasteiger partial charge < -0.3 is 4.90 Å². The zero-order chi connectivity index (χ0) is 19.0. The van der Waals surface area contributed by atoms with Crippen molar-refractivity contribution in [1.29, 1.82) is 0 Å². The minimum Gasteiger partial charge on any atom is -0.339 e. The lowest BCUT2D eigenvalue weighted by Crippen LogP contribution is -2.51. The van der Waals surface area contributed by atoms with Crippen LogP contribution in [0.3, 0.4) is 0 Å². The fourth-order valence-electron chi connectivity index (χ4n) is 4.58. The molecule has 1 atom stereocenters. The van der Waals surface area contributed by atoms with Crippen LogP contribution >= 0.6 is 0 Å². The molecule has 4 rings (SSSR count). The molecule has 2 fully saturated rings. The third-order valence-corrected chi connectivity index (χ3v) is 6.30. The highest BCUT2D eigenvalue weighted by Crippen LogP contribution is 2.44. The van der Waals surface area contributed by atoms with Crippen LogP contribution in [0.2, 0.25) is 0 Å². The Morgan fingerprint density at radius 2 is 1.74 bits per heavy atom. The maximum atomic E-state index is 13.4. The first-order valence-corrected chi connectivity index (χ1v) is 9.47. The quantitative estimate of drug-likeness (QED) is 0.817. The van der Waals surface area contributed by atoms with E-state index < -0.39 is 11.6 Å². The number of amides is 1. The van der Waals surface area contributed by atoms with Gasteiger partial charge in [0.25, 0.3) is 0 Å². The molecule has 2 aliphatic rings. The number of hydrogen-bond donors (Lipinski definition) is 0. The van der Waals surface area contributed by atoms with Crippen LogP contribution in [0.15, 0.2) is 48.5 Å². The predicted molar refractivity (Wildman–Crippen MR) is 100 cm³/mol. The van der Waals surface area contributed by atoms with Gasteiger partial charge in [-0.15, -0.1) is 0 Å². The summed E-state index contributed by atoms with van der Waals surface area (Å²) in [5.41, 5.74) is 1.78. The molecule has 0 aliphatic carbocycles. The summed E-state index contributed by atoms with van der Waals surface area (Å²) in [5.74, 6) is -1.47. The third kappa shape index (κ3) is 3.36. The van der Waals surface area contributed by atoms with Crippen molar-refractivity contribution in [3.63, 3.8) is 0 Å². The van der Waals surface area contributed by atoms with Crippen molar-refractivity contribution in [3.05, 3.63) is 71.3 Å². The summed E-state index contributed by atoms with van der Waals surface area (Å²) in [6, 6.07) is 14.1. The molecule has 3 nitrogen and oxygen atoms in total. The van der Waals surface area contributed by atoms with Crippen LogP contribution in [0.25, 0.3) is 0 Å². The van der Waals surface area contributed by atoms with Gasteiger partial charge in [-0.25, -0.2) is 8.78 Å². The molecule has 0 unspecified atom stereocenters. The molecule has 0 saturated carbocycles. The van der Waals surface area contributed by atoms with E-state index in [0.717, 1.165) is 43.5 Å². The van der Waals surface area contributed by atoms with Gasteiger partial charge in [-0.1, -0.05) is 36.4 Å². The highest BCUT2D eigenvalue weighted by atomic mass is 19.2. The first-order chi connectivity index (χ1) is 13.0. The molecule has 2 aliphatic heterocycles. The van der Waals surface area contributed by atoms with Crippen LogP contribution in [-0.4, -0.2) is 41.4 Å². The second-order valence-electron chi connectivity index (χ2n) is 7.81. The van der Waals surface area contributed by atoms with Crippen molar-refractivity contribution in [2.45, 2.75) is 37.3 Å². The molecule has 0 bridgehead atoms. The lowest BCUT2D eigenvalue weighted by Gasteiger charge is -2.43. The van der Waals surface area contributed by atoms with E-state index in [0.29, 0.717) is 6.54 Å². The van der Waals surface area contributed by atoms with Crippen molar-refractivity contribution < 1.29 is 13.6 Å². The zero-order valence-corrected chi connectivity index (χ0v) is 15.5. The van der Waals surface area contributed by atoms with Gasteiger partial charge in [0.15, 0.2) is 11.6 Å². The van der Waals surface area contributed by atoms with Crippen LogP contribution in [0.1, 0.15) is 36.3 Å². The van der Waals surface area contributed by atoms with Gasteiger partial charge in [0, 0.05) is 32.2 Å². The summed E-state index contributed by atoms with van der Waals surface area (Å²) >= 11 is 0. The molecule has 5 heteroatoms. The smallest absolute Gasteiger partial charge is 0.230 e. The summed E-state index contributed by atoms with van der Waals surface area (Å²) in [4.78, 5) is 17.1. The van der Waals surface area contributed by atoms with E-state index in [-0.39, 0.29) is 17.4 Å². The molecule has 0 N–H and O–H groups in total. The van der Waals surface area contributed by atoms with E-state index in [1.807, 2.05) is 42.3 Å². The predicted octanol–water partition coefficient (Wildman–Crippen LogP) is 3.95. The lowest BCUT2D eigenvalue weighted by molar-refractivity contribution is -0.131. The summed E-state index contributed by atoms with van der Waals surface area (Å²) in [5, 5.41) is 0. The van der Waals surface area contributed by atoms with Gasteiger partial charge in [-0.05, 0) is 42.5 Å². The van der Waals surface area contributed by atoms with Crippen molar-refractivity contribution in [2.75, 3.05) is 20.1 Å². The van der Waals surface area contributed by atoms with Crippen LogP contribution in [0.4, 0.5) is 8.78 Å². The van der Waals surface area contributed by atoms with E-state index in [4.69, 9.17) is 0 Å². The molecular weight excluding hydrogens is 346 g/mol. The number of nitrogens with zero attached hydrogens (tertiary/aromatic N) is 2. The summed E-state index contributed by atoms with van der Waals surface area (Å²) in [6.07, 6.45) is 2.66. The van der Waals surface area contributed by atoms with E-state index in [2.05, 4.69) is 4.90 Å². The average Bonchev–Trinajstić information content (AvgIpc) is 2.93. The Balaban J connectivity index is 1.43. The molecule has 142 valence electrons. The minimum absolute atomic E-state index is 0.0612. The van der Waals surface area contributed by atoms with Crippen molar-refractivity contribution in [1.82, 2.24) is 9.80 Å². The third-order valence-electron chi connectivity index (χ3n) is 6.30. The fourth-order valence-corrected chi connectivity index (χ4v) is 4.58. The number of carbonyl (C=O) groups is 1. The Bertz CT molecular complexity index is 831. The maximum absolute atomic E-state index is 13.4. The molecule has 1 amide bonds. The standard InChI is InChI=1S/C22H24F2N2O/c1-25-21(27)18(17-5-3-2-4-6-17)14-22(25)9-11-26(12-10-22)15-16-7-8-19(23)20(24)13-16/h2-8,13,18H,9-12,14-15H2,1H3/t18-/m1/s1. The number of hydrogen-bond acceptors (Lipinski definition) is 2. The summed E-state index contributed by atoms with van der Waals surface area (Å²) in [6.45, 7) is 2.29. The first-order valence-electron chi connectivity index (χ1n) is 9.47. The number of benzene rings is 2. The number of likely N-dealkylation sites (tertiary alicyclic amines) is 2. The van der Waals surface area contributed by atoms with E-state index in [1.54, 1.807) is 6.07 Å². The van der Waals surface area contributed by atoms with E-state index in [9.17, 15) is 13.6 Å². The molecule has 2 aromatic carbocycles. The average molecular weight is 370 g/mol. The number of halogens is 2. The Morgan fingerprint density at radius 1 is 1.04 bits per heavy atom. The van der Waals surface area contributed by atoms with Crippen LogP contribution < -0.4 is 0 Å². The highest BCUT2D eigenvalue weighted by Gasteiger charge is 2.50. The van der Waals surface area contributed by atoms with Crippen molar-refractivity contribution in [2.24, 2.45) is 0 Å². The molecule has 1 spiro atoms. The van der Waals surface area contributed by atoms with Gasteiger partial charge in [-0.3, -0.25) is 9.69 Å². The molecular formula is C22H24F2N2O. The van der Waals surface area contributed by atoms with Gasteiger partial charge in [0.1, 0.15) is 0 Å². The molecule has 2 aromatic rings. The van der Waals surface area contributed by atoms with Crippen molar-refractivity contribution >= 4 is 5.91 Å². The minimum atomic E-state index is -0.811. The summed E-state index contributed by atoms with van der Waals surface area (Å²) in [7, 11) is 1.93. The number of piperidine rings is 1. The van der Waals surface area contributed by atoms with Crippen LogP contribution in [0, 0.1) is 11.6 Å². The maximum Gasteiger partial charge on any atom is 0.230 e. The van der Waals surface area contributed by atoms with Crippen molar-refractivity contribution in [3.8, 4) is 0 Å². The van der Waals surface area contributed by atoms with Crippen LogP contribution in [0.5, 0.6) is 0 Å². The van der Waals surface area contributed by atoms with Gasteiger partial charge >= 0.3 is 0 Å². The normalized spacial score (nSPS) is 22.6. The molecule has 0 radical (unpaired) electrons. The van der Waals surface area contributed by atoms with Gasteiger partial charge in [-0.2, -0.15) is 0 Å². The topological polar surface area (TPSA) is 23.6 Å². The molecule has 2 saturated heterocycles. The van der Waals surface area contributed by atoms with E-state index in [1.165, 1.54) is 12.1 Å². The number of rotatable bonds is 3. The van der Waals surface area contributed by atoms with Gasteiger partial charge in [0.05, 0.1) is 5.92 Å². The SMILES string of the molecule is CN1C(=O)[C@@H](c2ccccc2)CC12CCN(Cc1ccc(F)c(F)c1)CC2. The van der Waals surface area contributed by atoms with E-state index >= 15 is 0 Å².